The van der Waals surface area contributed by atoms with Gasteiger partial charge in [-0.3, -0.25) is 9.59 Å². The van der Waals surface area contributed by atoms with E-state index >= 15 is 0 Å². The Bertz CT molecular complexity index is 774. The molecule has 0 saturated carbocycles. The third kappa shape index (κ3) is 3.99. The van der Waals surface area contributed by atoms with Crippen LogP contribution in [0.4, 0.5) is 5.69 Å². The summed E-state index contributed by atoms with van der Waals surface area (Å²) in [6, 6.07) is 14.6. The Balaban J connectivity index is 1.56. The molecule has 1 heterocycles. The molecule has 130 valence electrons. The molecule has 0 bridgehead atoms. The Kier molecular flexibility index (Phi) is 5.03. The molecule has 0 spiro atoms. The van der Waals surface area contributed by atoms with Crippen molar-refractivity contribution in [1.29, 1.82) is 0 Å². The van der Waals surface area contributed by atoms with Crippen LogP contribution in [-0.2, 0) is 9.59 Å². The molecule has 2 aromatic rings. The van der Waals surface area contributed by atoms with Gasteiger partial charge in [-0.15, -0.1) is 0 Å². The Hall–Kier alpha value is -2.82. The Morgan fingerprint density at radius 1 is 1.16 bits per heavy atom. The summed E-state index contributed by atoms with van der Waals surface area (Å²) in [4.78, 5) is 26.4. The van der Waals surface area contributed by atoms with E-state index in [1.54, 1.807) is 17.0 Å². The Morgan fingerprint density at radius 2 is 1.92 bits per heavy atom. The van der Waals surface area contributed by atoms with E-state index in [9.17, 15) is 9.59 Å². The monoisotopic (exact) mass is 338 g/mol. The van der Waals surface area contributed by atoms with Crippen LogP contribution in [0.25, 0.3) is 0 Å². The van der Waals surface area contributed by atoms with Crippen molar-refractivity contribution in [2.24, 2.45) is 0 Å². The van der Waals surface area contributed by atoms with Gasteiger partial charge < -0.3 is 15.0 Å². The molecule has 1 saturated heterocycles. The number of ether oxygens (including phenoxy) is 1. The maximum atomic E-state index is 12.6. The molecule has 0 aromatic heterocycles. The second-order valence-electron chi connectivity index (χ2n) is 6.27. The van der Waals surface area contributed by atoms with Gasteiger partial charge in [0.15, 0.2) is 6.61 Å². The molecular weight excluding hydrogens is 316 g/mol. The van der Waals surface area contributed by atoms with Crippen molar-refractivity contribution in [2.45, 2.75) is 26.3 Å². The van der Waals surface area contributed by atoms with E-state index in [1.165, 1.54) is 5.56 Å². The lowest BCUT2D eigenvalue weighted by Crippen LogP contribution is -2.43. The van der Waals surface area contributed by atoms with Crippen LogP contribution in [0.1, 0.15) is 17.5 Å². The fraction of sp³-hybridized carbons (Fsp3) is 0.300. The van der Waals surface area contributed by atoms with Crippen molar-refractivity contribution in [3.63, 3.8) is 0 Å². The highest BCUT2D eigenvalue weighted by Crippen LogP contribution is 2.24. The fourth-order valence-corrected chi connectivity index (χ4v) is 2.87. The molecule has 1 aliphatic heterocycles. The lowest BCUT2D eigenvalue weighted by Gasteiger charge is -2.18. The van der Waals surface area contributed by atoms with Crippen molar-refractivity contribution >= 4 is 17.5 Å². The quantitative estimate of drug-likeness (QED) is 0.912. The van der Waals surface area contributed by atoms with E-state index in [-0.39, 0.29) is 18.4 Å². The highest BCUT2D eigenvalue weighted by atomic mass is 16.5. The maximum Gasteiger partial charge on any atom is 0.258 e. The molecule has 5 heteroatoms. The van der Waals surface area contributed by atoms with Gasteiger partial charge in [-0.2, -0.15) is 0 Å². The molecule has 1 N–H and O–H groups in total. The third-order valence-corrected chi connectivity index (χ3v) is 4.46. The first-order chi connectivity index (χ1) is 12.0. The molecule has 3 rings (SSSR count). The maximum absolute atomic E-state index is 12.6. The molecule has 0 unspecified atom stereocenters. The number of carbonyl (C=O) groups excluding carboxylic acids is 2. The lowest BCUT2D eigenvalue weighted by molar-refractivity contribution is -0.127. The molecule has 0 radical (unpaired) electrons. The average Bonchev–Trinajstić information content (AvgIpc) is 2.97. The van der Waals surface area contributed by atoms with Crippen LogP contribution in [0.5, 0.6) is 5.75 Å². The largest absolute Gasteiger partial charge is 0.484 e. The normalized spacial score (nSPS) is 16.8. The van der Waals surface area contributed by atoms with Crippen LogP contribution in [0.2, 0.25) is 0 Å². The minimum atomic E-state index is -0.492. The van der Waals surface area contributed by atoms with E-state index in [0.717, 1.165) is 11.3 Å². The number of carbonyl (C=O) groups is 2. The van der Waals surface area contributed by atoms with Crippen molar-refractivity contribution < 1.29 is 14.3 Å². The van der Waals surface area contributed by atoms with Gasteiger partial charge in [0.25, 0.3) is 5.91 Å². The van der Waals surface area contributed by atoms with Crippen LogP contribution >= 0.6 is 0 Å². The number of rotatable bonds is 5. The fourth-order valence-electron chi connectivity index (χ4n) is 2.87. The first-order valence-corrected chi connectivity index (χ1v) is 8.40. The minimum absolute atomic E-state index is 0.0729. The zero-order valence-corrected chi connectivity index (χ0v) is 14.5. The van der Waals surface area contributed by atoms with Crippen LogP contribution in [0.15, 0.2) is 48.5 Å². The van der Waals surface area contributed by atoms with Crippen molar-refractivity contribution in [3.05, 3.63) is 59.7 Å². The van der Waals surface area contributed by atoms with Crippen LogP contribution in [0, 0.1) is 13.8 Å². The second-order valence-corrected chi connectivity index (χ2v) is 6.27. The van der Waals surface area contributed by atoms with E-state index in [4.69, 9.17) is 4.74 Å². The first kappa shape index (κ1) is 17.0. The molecule has 5 nitrogen and oxygen atoms in total. The summed E-state index contributed by atoms with van der Waals surface area (Å²) in [7, 11) is 0. The zero-order valence-electron chi connectivity index (χ0n) is 14.5. The third-order valence-electron chi connectivity index (χ3n) is 4.46. The molecule has 2 amide bonds. The number of amides is 2. The SMILES string of the molecule is Cc1ccc(N2CC[C@H](NC(=O)COc3ccccc3)C2=O)cc1C. The van der Waals surface area contributed by atoms with Gasteiger partial charge in [-0.1, -0.05) is 24.3 Å². The highest BCUT2D eigenvalue weighted by molar-refractivity contribution is 6.01. The zero-order chi connectivity index (χ0) is 17.8. The molecular formula is C20H22N2O3. The molecule has 0 aliphatic carbocycles. The van der Waals surface area contributed by atoms with Gasteiger partial charge in [0.2, 0.25) is 5.91 Å². The topological polar surface area (TPSA) is 58.6 Å². The van der Waals surface area contributed by atoms with E-state index in [0.29, 0.717) is 18.7 Å². The van der Waals surface area contributed by atoms with Gasteiger partial charge >= 0.3 is 0 Å². The van der Waals surface area contributed by atoms with Gasteiger partial charge in [-0.25, -0.2) is 0 Å². The summed E-state index contributed by atoms with van der Waals surface area (Å²) < 4.78 is 5.42. The number of hydrogen-bond donors (Lipinski definition) is 1. The molecule has 1 aliphatic rings. The van der Waals surface area contributed by atoms with Gasteiger partial charge in [0, 0.05) is 12.2 Å². The summed E-state index contributed by atoms with van der Waals surface area (Å²) in [5.41, 5.74) is 3.22. The van der Waals surface area contributed by atoms with E-state index in [2.05, 4.69) is 5.32 Å². The predicted octanol–water partition coefficient (Wildman–Crippen LogP) is 2.60. The first-order valence-electron chi connectivity index (χ1n) is 8.40. The molecule has 1 atom stereocenters. The van der Waals surface area contributed by atoms with Gasteiger partial charge in [0.05, 0.1) is 0 Å². The smallest absolute Gasteiger partial charge is 0.258 e. The second kappa shape index (κ2) is 7.38. The van der Waals surface area contributed by atoms with Crippen LogP contribution in [-0.4, -0.2) is 31.0 Å². The van der Waals surface area contributed by atoms with Crippen molar-refractivity contribution in [1.82, 2.24) is 5.32 Å². The summed E-state index contributed by atoms with van der Waals surface area (Å²) in [5, 5.41) is 2.77. The lowest BCUT2D eigenvalue weighted by atomic mass is 10.1. The summed E-state index contributed by atoms with van der Waals surface area (Å²) in [6.07, 6.45) is 0.600. The number of nitrogens with one attached hydrogen (secondary N) is 1. The number of nitrogens with zero attached hydrogens (tertiary/aromatic N) is 1. The highest BCUT2D eigenvalue weighted by Gasteiger charge is 2.33. The van der Waals surface area contributed by atoms with Crippen molar-refractivity contribution in [3.8, 4) is 5.75 Å². The summed E-state index contributed by atoms with van der Waals surface area (Å²) in [5.74, 6) is 0.271. The average molecular weight is 338 g/mol. The summed E-state index contributed by atoms with van der Waals surface area (Å²) >= 11 is 0. The number of anilines is 1. The Morgan fingerprint density at radius 3 is 2.64 bits per heavy atom. The molecule has 25 heavy (non-hydrogen) atoms. The number of benzene rings is 2. The van der Waals surface area contributed by atoms with Crippen LogP contribution in [0.3, 0.4) is 0 Å². The van der Waals surface area contributed by atoms with E-state index < -0.39 is 6.04 Å². The number of para-hydroxylation sites is 1. The van der Waals surface area contributed by atoms with Gasteiger partial charge in [-0.05, 0) is 55.7 Å². The Labute approximate surface area is 147 Å². The predicted molar refractivity (Wildman–Crippen MR) is 96.8 cm³/mol. The molecule has 1 fully saturated rings. The molecule has 2 aromatic carbocycles. The number of aryl methyl sites for hydroxylation is 2. The summed E-state index contributed by atoms with van der Waals surface area (Å²) in [6.45, 7) is 4.57. The minimum Gasteiger partial charge on any atom is -0.484 e. The van der Waals surface area contributed by atoms with Crippen LogP contribution < -0.4 is 15.0 Å². The number of hydrogen-bond acceptors (Lipinski definition) is 3. The van der Waals surface area contributed by atoms with Gasteiger partial charge in [0.1, 0.15) is 11.8 Å². The van der Waals surface area contributed by atoms with Crippen molar-refractivity contribution in [2.75, 3.05) is 18.1 Å². The van der Waals surface area contributed by atoms with E-state index in [1.807, 2.05) is 50.2 Å². The standard InChI is InChI=1S/C20H22N2O3/c1-14-8-9-16(12-15(14)2)22-11-10-18(20(22)24)21-19(23)13-25-17-6-4-3-5-7-17/h3-9,12,18H,10-11,13H2,1-2H3,(H,21,23)/t18-/m0/s1.